The quantitative estimate of drug-likeness (QED) is 0.572. The summed E-state index contributed by atoms with van der Waals surface area (Å²) < 4.78 is 16.0. The van der Waals surface area contributed by atoms with E-state index in [1.807, 2.05) is 29.9 Å². The summed E-state index contributed by atoms with van der Waals surface area (Å²) >= 11 is 0. The molecule has 0 aliphatic rings. The first-order valence-electron chi connectivity index (χ1n) is 7.38. The van der Waals surface area contributed by atoms with E-state index >= 15 is 0 Å². The number of carbonyl (C=O) groups excluding carboxylic acids is 1. The molecule has 24 heavy (non-hydrogen) atoms. The number of nitrogens with one attached hydrogen (secondary N) is 1. The third-order valence-electron chi connectivity index (χ3n) is 3.91. The first kappa shape index (κ1) is 15.9. The van der Waals surface area contributed by atoms with Gasteiger partial charge in [-0.25, -0.2) is 14.9 Å². The molecule has 0 aliphatic carbocycles. The lowest BCUT2D eigenvalue weighted by atomic mass is 9.89. The number of aryl methyl sites for hydroxylation is 1. The molecule has 0 radical (unpaired) electrons. The average Bonchev–Trinajstić information content (AvgIpc) is 3.03. The van der Waals surface area contributed by atoms with E-state index in [9.17, 15) is 9.18 Å². The molecule has 0 bridgehead atoms. The molecule has 2 N–H and O–H groups in total. The van der Waals surface area contributed by atoms with Gasteiger partial charge < -0.3 is 4.57 Å². The van der Waals surface area contributed by atoms with Crippen LogP contribution in [0.15, 0.2) is 60.9 Å². The Bertz CT molecular complexity index is 859. The van der Waals surface area contributed by atoms with Gasteiger partial charge in [-0.05, 0) is 11.6 Å². The number of hydrogen-bond acceptors (Lipinski definition) is 3. The zero-order valence-electron chi connectivity index (χ0n) is 13.0. The molecule has 1 heterocycles. The van der Waals surface area contributed by atoms with Gasteiger partial charge in [0.15, 0.2) is 0 Å². The van der Waals surface area contributed by atoms with E-state index in [0.717, 1.165) is 11.4 Å². The molecule has 5 nitrogen and oxygen atoms in total. The van der Waals surface area contributed by atoms with Crippen molar-refractivity contribution < 1.29 is 14.4 Å². The largest absolute Gasteiger partial charge is 0.334 e. The molecule has 0 saturated heterocycles. The Morgan fingerprint density at radius 3 is 2.50 bits per heavy atom. The molecule has 0 fully saturated rings. The molecule has 6 heteroatoms. The van der Waals surface area contributed by atoms with Crippen molar-refractivity contribution in [1.82, 2.24) is 15.0 Å². The predicted octanol–water partition coefficient (Wildman–Crippen LogP) is 2.86. The van der Waals surface area contributed by atoms with E-state index in [0.29, 0.717) is 5.56 Å². The number of amides is 1. The summed E-state index contributed by atoms with van der Waals surface area (Å²) in [5.74, 6) is -1.34. The Labute approximate surface area is 138 Å². The molecule has 3 aromatic rings. The summed E-state index contributed by atoms with van der Waals surface area (Å²) in [6.45, 7) is 0. The number of imidazole rings is 1. The maximum atomic E-state index is 14.1. The number of hydrogen-bond donors (Lipinski definition) is 2. The van der Waals surface area contributed by atoms with E-state index < -0.39 is 17.6 Å². The maximum Gasteiger partial charge on any atom is 0.255 e. The van der Waals surface area contributed by atoms with E-state index in [1.165, 1.54) is 12.1 Å². The Kier molecular flexibility index (Phi) is 4.39. The van der Waals surface area contributed by atoms with Gasteiger partial charge in [-0.2, -0.15) is 0 Å². The molecular formula is C18H16FN3O2. The highest BCUT2D eigenvalue weighted by atomic mass is 19.1. The van der Waals surface area contributed by atoms with Crippen molar-refractivity contribution in [3.8, 4) is 11.4 Å². The highest BCUT2D eigenvalue weighted by Crippen LogP contribution is 2.28. The molecule has 0 spiro atoms. The van der Waals surface area contributed by atoms with Crippen molar-refractivity contribution in [3.63, 3.8) is 0 Å². The third-order valence-corrected chi connectivity index (χ3v) is 3.91. The van der Waals surface area contributed by atoms with Crippen LogP contribution in [0.4, 0.5) is 4.39 Å². The van der Waals surface area contributed by atoms with Crippen LogP contribution in [0.2, 0.25) is 0 Å². The minimum atomic E-state index is -0.938. The fourth-order valence-corrected chi connectivity index (χ4v) is 2.71. The SMILES string of the molecule is Cn1ccnc1-c1ccc(C(C(=O)NO)c2ccccc2F)cc1. The monoisotopic (exact) mass is 325 g/mol. The minimum Gasteiger partial charge on any atom is -0.334 e. The summed E-state index contributed by atoms with van der Waals surface area (Å²) in [4.78, 5) is 16.4. The van der Waals surface area contributed by atoms with Gasteiger partial charge in [0.1, 0.15) is 11.6 Å². The number of benzene rings is 2. The number of rotatable bonds is 4. The van der Waals surface area contributed by atoms with E-state index in [2.05, 4.69) is 4.98 Å². The highest BCUT2D eigenvalue weighted by Gasteiger charge is 2.25. The van der Waals surface area contributed by atoms with E-state index in [-0.39, 0.29) is 5.56 Å². The minimum absolute atomic E-state index is 0.203. The van der Waals surface area contributed by atoms with Crippen LogP contribution < -0.4 is 5.48 Å². The fraction of sp³-hybridized carbons (Fsp3) is 0.111. The third kappa shape index (κ3) is 2.91. The molecular weight excluding hydrogens is 309 g/mol. The second kappa shape index (κ2) is 6.64. The smallest absolute Gasteiger partial charge is 0.255 e. The van der Waals surface area contributed by atoms with Crippen LogP contribution in [0, 0.1) is 5.82 Å². The number of nitrogens with zero attached hydrogens (tertiary/aromatic N) is 2. The summed E-state index contributed by atoms with van der Waals surface area (Å²) in [7, 11) is 1.89. The van der Waals surface area contributed by atoms with Gasteiger partial charge in [-0.3, -0.25) is 10.0 Å². The van der Waals surface area contributed by atoms with Gasteiger partial charge in [-0.15, -0.1) is 0 Å². The van der Waals surface area contributed by atoms with Crippen LogP contribution in [-0.4, -0.2) is 20.7 Å². The molecule has 2 aromatic carbocycles. The van der Waals surface area contributed by atoms with Gasteiger partial charge in [0.2, 0.25) is 0 Å². The lowest BCUT2D eigenvalue weighted by Gasteiger charge is -2.17. The lowest BCUT2D eigenvalue weighted by Crippen LogP contribution is -2.27. The van der Waals surface area contributed by atoms with Crippen LogP contribution in [0.25, 0.3) is 11.4 Å². The molecule has 1 unspecified atom stereocenters. The number of hydroxylamine groups is 1. The predicted molar refractivity (Wildman–Crippen MR) is 86.8 cm³/mol. The average molecular weight is 325 g/mol. The summed E-state index contributed by atoms with van der Waals surface area (Å²) in [5, 5.41) is 9.02. The first-order chi connectivity index (χ1) is 11.6. The molecule has 1 amide bonds. The lowest BCUT2D eigenvalue weighted by molar-refractivity contribution is -0.129. The number of aromatic nitrogens is 2. The normalized spacial score (nSPS) is 12.0. The van der Waals surface area contributed by atoms with E-state index in [1.54, 1.807) is 35.9 Å². The van der Waals surface area contributed by atoms with Crippen molar-refractivity contribution in [1.29, 1.82) is 0 Å². The highest BCUT2D eigenvalue weighted by molar-refractivity contribution is 5.86. The van der Waals surface area contributed by atoms with Crippen LogP contribution >= 0.6 is 0 Å². The van der Waals surface area contributed by atoms with Crippen LogP contribution in [-0.2, 0) is 11.8 Å². The van der Waals surface area contributed by atoms with Crippen LogP contribution in [0.3, 0.4) is 0 Å². The topological polar surface area (TPSA) is 67.2 Å². The van der Waals surface area contributed by atoms with Gasteiger partial charge in [0.25, 0.3) is 5.91 Å². The summed E-state index contributed by atoms with van der Waals surface area (Å²) in [6.07, 6.45) is 3.54. The van der Waals surface area contributed by atoms with E-state index in [4.69, 9.17) is 5.21 Å². The number of carbonyl (C=O) groups is 1. The van der Waals surface area contributed by atoms with Crippen molar-refractivity contribution in [2.45, 2.75) is 5.92 Å². The second-order valence-corrected chi connectivity index (χ2v) is 5.41. The Morgan fingerprint density at radius 1 is 1.21 bits per heavy atom. The fourth-order valence-electron chi connectivity index (χ4n) is 2.71. The standard InChI is InChI=1S/C18H16FN3O2/c1-22-11-10-20-17(22)13-8-6-12(7-9-13)16(18(23)21-24)14-4-2-3-5-15(14)19/h2-11,16,24H,1H3,(H,21,23). The molecule has 0 saturated carbocycles. The van der Waals surface area contributed by atoms with Gasteiger partial charge in [0.05, 0.1) is 5.92 Å². The first-order valence-corrected chi connectivity index (χ1v) is 7.38. The van der Waals surface area contributed by atoms with Gasteiger partial charge in [0, 0.05) is 30.6 Å². The van der Waals surface area contributed by atoms with Crippen molar-refractivity contribution in [2.24, 2.45) is 7.05 Å². The Hall–Kier alpha value is -2.99. The van der Waals surface area contributed by atoms with Crippen LogP contribution in [0.1, 0.15) is 17.0 Å². The maximum absolute atomic E-state index is 14.1. The molecule has 1 atom stereocenters. The summed E-state index contributed by atoms with van der Waals surface area (Å²) in [5.41, 5.74) is 3.27. The van der Waals surface area contributed by atoms with Crippen molar-refractivity contribution >= 4 is 5.91 Å². The Morgan fingerprint density at radius 2 is 1.92 bits per heavy atom. The van der Waals surface area contributed by atoms with Crippen LogP contribution in [0.5, 0.6) is 0 Å². The van der Waals surface area contributed by atoms with Gasteiger partial charge in [-0.1, -0.05) is 42.5 Å². The Balaban J connectivity index is 2.02. The summed E-state index contributed by atoms with van der Waals surface area (Å²) in [6, 6.07) is 13.1. The molecule has 3 rings (SSSR count). The second-order valence-electron chi connectivity index (χ2n) is 5.41. The van der Waals surface area contributed by atoms with Crippen molar-refractivity contribution in [3.05, 3.63) is 77.9 Å². The number of halogens is 1. The zero-order chi connectivity index (χ0) is 17.1. The molecule has 122 valence electrons. The zero-order valence-corrected chi connectivity index (χ0v) is 13.0. The molecule has 1 aromatic heterocycles. The molecule has 0 aliphatic heterocycles. The van der Waals surface area contributed by atoms with Crippen molar-refractivity contribution in [2.75, 3.05) is 0 Å². The van der Waals surface area contributed by atoms with Gasteiger partial charge >= 0.3 is 0 Å².